The maximum absolute atomic E-state index is 12.1. The Morgan fingerprint density at radius 3 is 2.45 bits per heavy atom. The molecular formula is C13H18N2O5. The molecule has 0 heterocycles. The fourth-order valence-electron chi connectivity index (χ4n) is 1.83. The van der Waals surface area contributed by atoms with E-state index < -0.39 is 23.2 Å². The molecule has 0 radical (unpaired) electrons. The number of nitro groups is 1. The highest BCUT2D eigenvalue weighted by molar-refractivity contribution is 5.96. The Balaban J connectivity index is 2.92. The predicted octanol–water partition coefficient (Wildman–Crippen LogP) is 1.64. The van der Waals surface area contributed by atoms with Crippen molar-refractivity contribution >= 4 is 11.6 Å². The molecule has 1 atom stereocenters. The molecule has 7 nitrogen and oxygen atoms in total. The number of rotatable bonds is 6. The lowest BCUT2D eigenvalue weighted by atomic mass is 10.1. The molecule has 1 amide bonds. The van der Waals surface area contributed by atoms with Gasteiger partial charge in [0.1, 0.15) is 0 Å². The first-order chi connectivity index (χ1) is 9.40. The van der Waals surface area contributed by atoms with Gasteiger partial charge in [-0.1, -0.05) is 6.07 Å². The average molecular weight is 282 g/mol. The molecule has 0 aliphatic carbocycles. The highest BCUT2D eigenvalue weighted by Crippen LogP contribution is 2.17. The standard InChI is InChI=1S/C13H18N2O5/c1-8-5-6-10(15(17)18)7-11(8)12(16)14-9(2)13(19-3)20-4/h5-7,9,13H,1-4H3,(H,14,16). The van der Waals surface area contributed by atoms with Crippen LogP contribution in [0.3, 0.4) is 0 Å². The third kappa shape index (κ3) is 3.75. The van der Waals surface area contributed by atoms with E-state index in [0.29, 0.717) is 5.56 Å². The molecule has 0 saturated carbocycles. The van der Waals surface area contributed by atoms with E-state index in [-0.39, 0.29) is 11.3 Å². The van der Waals surface area contributed by atoms with Crippen molar-refractivity contribution in [2.75, 3.05) is 14.2 Å². The van der Waals surface area contributed by atoms with Gasteiger partial charge in [-0.05, 0) is 19.4 Å². The second-order valence-corrected chi connectivity index (χ2v) is 4.36. The molecule has 0 aromatic heterocycles. The summed E-state index contributed by atoms with van der Waals surface area (Å²) >= 11 is 0. The van der Waals surface area contributed by atoms with Crippen molar-refractivity contribution in [2.45, 2.75) is 26.2 Å². The number of nitro benzene ring substituents is 1. The van der Waals surface area contributed by atoms with Crippen molar-refractivity contribution in [3.63, 3.8) is 0 Å². The Hall–Kier alpha value is -1.99. The zero-order valence-electron chi connectivity index (χ0n) is 11.9. The van der Waals surface area contributed by atoms with Gasteiger partial charge in [-0.25, -0.2) is 0 Å². The molecule has 1 N–H and O–H groups in total. The Bertz CT molecular complexity index is 500. The van der Waals surface area contributed by atoms with E-state index in [2.05, 4.69) is 5.32 Å². The third-order valence-corrected chi connectivity index (χ3v) is 2.91. The second-order valence-electron chi connectivity index (χ2n) is 4.36. The van der Waals surface area contributed by atoms with Gasteiger partial charge in [0.15, 0.2) is 6.29 Å². The summed E-state index contributed by atoms with van der Waals surface area (Å²) in [6, 6.07) is 3.77. The number of carbonyl (C=O) groups excluding carboxylic acids is 1. The Morgan fingerprint density at radius 2 is 1.95 bits per heavy atom. The fraction of sp³-hybridized carbons (Fsp3) is 0.462. The van der Waals surface area contributed by atoms with E-state index in [9.17, 15) is 14.9 Å². The largest absolute Gasteiger partial charge is 0.354 e. The molecule has 0 aliphatic rings. The number of nitrogens with zero attached hydrogens (tertiary/aromatic N) is 1. The molecule has 1 aromatic carbocycles. The van der Waals surface area contributed by atoms with Gasteiger partial charge < -0.3 is 14.8 Å². The SMILES string of the molecule is COC(OC)C(C)NC(=O)c1cc([N+](=O)[O-])ccc1C. The zero-order chi connectivity index (χ0) is 15.3. The second kappa shape index (κ2) is 6.97. The molecule has 1 aromatic rings. The third-order valence-electron chi connectivity index (χ3n) is 2.91. The van der Waals surface area contributed by atoms with Crippen molar-refractivity contribution in [3.8, 4) is 0 Å². The predicted molar refractivity (Wildman–Crippen MR) is 72.6 cm³/mol. The monoisotopic (exact) mass is 282 g/mol. The highest BCUT2D eigenvalue weighted by Gasteiger charge is 2.21. The molecule has 0 aliphatic heterocycles. The van der Waals surface area contributed by atoms with E-state index in [1.54, 1.807) is 19.9 Å². The van der Waals surface area contributed by atoms with Gasteiger partial charge in [0.2, 0.25) is 0 Å². The van der Waals surface area contributed by atoms with Crippen molar-refractivity contribution < 1.29 is 19.2 Å². The molecule has 0 bridgehead atoms. The minimum atomic E-state index is -0.585. The lowest BCUT2D eigenvalue weighted by molar-refractivity contribution is -0.384. The summed E-state index contributed by atoms with van der Waals surface area (Å²) in [4.78, 5) is 22.4. The summed E-state index contributed by atoms with van der Waals surface area (Å²) in [7, 11) is 2.94. The summed E-state index contributed by atoms with van der Waals surface area (Å²) in [5.74, 6) is -0.405. The molecule has 0 saturated heterocycles. The van der Waals surface area contributed by atoms with Crippen LogP contribution in [0.2, 0.25) is 0 Å². The van der Waals surface area contributed by atoms with E-state index in [1.807, 2.05) is 0 Å². The van der Waals surface area contributed by atoms with Crippen LogP contribution in [-0.2, 0) is 9.47 Å². The number of benzene rings is 1. The van der Waals surface area contributed by atoms with Crippen LogP contribution in [0.5, 0.6) is 0 Å². The van der Waals surface area contributed by atoms with Crippen molar-refractivity contribution in [2.24, 2.45) is 0 Å². The smallest absolute Gasteiger partial charge is 0.270 e. The van der Waals surface area contributed by atoms with Crippen LogP contribution in [0.1, 0.15) is 22.8 Å². The fourth-order valence-corrected chi connectivity index (χ4v) is 1.83. The van der Waals surface area contributed by atoms with Gasteiger partial charge in [-0.3, -0.25) is 14.9 Å². The summed E-state index contributed by atoms with van der Waals surface area (Å²) in [6.07, 6.45) is -0.585. The van der Waals surface area contributed by atoms with Crippen molar-refractivity contribution in [1.29, 1.82) is 0 Å². The van der Waals surface area contributed by atoms with Crippen molar-refractivity contribution in [3.05, 3.63) is 39.4 Å². The number of non-ortho nitro benzene ring substituents is 1. The van der Waals surface area contributed by atoms with Gasteiger partial charge in [0, 0.05) is 31.9 Å². The lowest BCUT2D eigenvalue weighted by Gasteiger charge is -2.22. The number of hydrogen-bond acceptors (Lipinski definition) is 5. The molecule has 20 heavy (non-hydrogen) atoms. The molecule has 1 unspecified atom stereocenters. The lowest BCUT2D eigenvalue weighted by Crippen LogP contribution is -2.43. The normalized spacial score (nSPS) is 12.2. The van der Waals surface area contributed by atoms with E-state index in [1.165, 1.54) is 26.4 Å². The zero-order valence-corrected chi connectivity index (χ0v) is 11.9. The van der Waals surface area contributed by atoms with Crippen LogP contribution in [-0.4, -0.2) is 37.4 Å². The Kier molecular flexibility index (Phi) is 5.60. The number of hydrogen-bond donors (Lipinski definition) is 1. The number of aryl methyl sites for hydroxylation is 1. The van der Waals surface area contributed by atoms with Gasteiger partial charge in [-0.2, -0.15) is 0 Å². The Labute approximate surface area is 117 Å². The van der Waals surface area contributed by atoms with E-state index in [4.69, 9.17) is 9.47 Å². The highest BCUT2D eigenvalue weighted by atomic mass is 16.7. The number of amides is 1. The van der Waals surface area contributed by atoms with Gasteiger partial charge in [-0.15, -0.1) is 0 Å². The minimum Gasteiger partial charge on any atom is -0.354 e. The average Bonchev–Trinajstić information content (AvgIpc) is 2.40. The number of carbonyl (C=O) groups is 1. The maximum Gasteiger partial charge on any atom is 0.270 e. The maximum atomic E-state index is 12.1. The number of methoxy groups -OCH3 is 2. The van der Waals surface area contributed by atoms with Gasteiger partial charge in [0.25, 0.3) is 11.6 Å². The van der Waals surface area contributed by atoms with Gasteiger partial charge >= 0.3 is 0 Å². The molecular weight excluding hydrogens is 264 g/mol. The van der Waals surface area contributed by atoms with Gasteiger partial charge in [0.05, 0.1) is 11.0 Å². The first-order valence-electron chi connectivity index (χ1n) is 6.02. The quantitative estimate of drug-likeness (QED) is 0.486. The number of nitrogens with one attached hydrogen (secondary N) is 1. The summed E-state index contributed by atoms with van der Waals surface area (Å²) in [5.41, 5.74) is 0.798. The van der Waals surface area contributed by atoms with Crippen LogP contribution in [0.4, 0.5) is 5.69 Å². The molecule has 0 fully saturated rings. The summed E-state index contributed by atoms with van der Waals surface area (Å²) in [6.45, 7) is 3.44. The van der Waals surface area contributed by atoms with Crippen LogP contribution in [0.15, 0.2) is 18.2 Å². The molecule has 110 valence electrons. The molecule has 0 spiro atoms. The van der Waals surface area contributed by atoms with Crippen LogP contribution in [0.25, 0.3) is 0 Å². The molecule has 1 rings (SSSR count). The summed E-state index contributed by atoms with van der Waals surface area (Å²) < 4.78 is 10.1. The minimum absolute atomic E-state index is 0.122. The first-order valence-corrected chi connectivity index (χ1v) is 6.02. The topological polar surface area (TPSA) is 90.7 Å². The van der Waals surface area contributed by atoms with Crippen molar-refractivity contribution in [1.82, 2.24) is 5.32 Å². The van der Waals surface area contributed by atoms with E-state index in [0.717, 1.165) is 0 Å². The summed E-state index contributed by atoms with van der Waals surface area (Å²) in [5, 5.41) is 13.4. The first kappa shape index (κ1) is 16.1. The Morgan fingerprint density at radius 1 is 1.35 bits per heavy atom. The van der Waals surface area contributed by atoms with Crippen LogP contribution in [0, 0.1) is 17.0 Å². The number of ether oxygens (including phenoxy) is 2. The van der Waals surface area contributed by atoms with Crippen LogP contribution < -0.4 is 5.32 Å². The van der Waals surface area contributed by atoms with E-state index >= 15 is 0 Å². The van der Waals surface area contributed by atoms with Crippen LogP contribution >= 0.6 is 0 Å². The molecule has 7 heteroatoms.